The maximum atomic E-state index is 11.2. The van der Waals surface area contributed by atoms with E-state index in [9.17, 15) is 10.1 Å². The third-order valence-corrected chi connectivity index (χ3v) is 4.93. The Balaban J connectivity index is 0.00000225. The molecule has 0 unspecified atom stereocenters. The molecule has 1 aromatic carbocycles. The summed E-state index contributed by atoms with van der Waals surface area (Å²) in [5.41, 5.74) is 4.32. The molecule has 13 heteroatoms. The number of aromatic nitrogens is 3. The van der Waals surface area contributed by atoms with Crippen molar-refractivity contribution in [3.8, 4) is 11.3 Å². The minimum Gasteiger partial charge on any atom is -0.353 e. The molecule has 0 spiro atoms. The summed E-state index contributed by atoms with van der Waals surface area (Å²) in [6.07, 6.45) is 1.57. The summed E-state index contributed by atoms with van der Waals surface area (Å²) in [4.78, 5) is 20.1. The maximum Gasteiger partial charge on any atom is 0.288 e. The third-order valence-electron chi connectivity index (χ3n) is 3.79. The number of nitrogens with zero attached hydrogens (tertiary/aromatic N) is 6. The number of fused-ring (bicyclic) bond motifs is 1. The standard InChI is InChI=1S/C15H13ClN8O2S.BrH/c1-8-22-23-12(7-19-21-14-17-4-5-18-14)13(20-15(23)27-8)9-2-3-10(16)11(6-9)24(25)26;/h2-3,6-7H,4-5H2,1H3,(H2,17,18,21);1H/b19-7+;. The number of nitro benzene ring substituents is 1. The van der Waals surface area contributed by atoms with Gasteiger partial charge in [-0.25, -0.2) is 19.9 Å². The van der Waals surface area contributed by atoms with Gasteiger partial charge in [-0.1, -0.05) is 29.0 Å². The van der Waals surface area contributed by atoms with Crippen LogP contribution in [-0.4, -0.2) is 44.8 Å². The summed E-state index contributed by atoms with van der Waals surface area (Å²) in [5.74, 6) is 0.588. The Morgan fingerprint density at radius 3 is 3.04 bits per heavy atom. The number of hydrazone groups is 1. The molecular weight excluding hydrogens is 472 g/mol. The Kier molecular flexibility index (Phi) is 5.91. The number of aliphatic imine (C=N–C) groups is 1. The molecule has 4 rings (SSSR count). The second-order valence-corrected chi connectivity index (χ2v) is 7.18. The lowest BCUT2D eigenvalue weighted by molar-refractivity contribution is -0.384. The highest BCUT2D eigenvalue weighted by Gasteiger charge is 2.20. The van der Waals surface area contributed by atoms with E-state index in [-0.39, 0.29) is 27.7 Å². The first-order valence-electron chi connectivity index (χ1n) is 7.91. The second-order valence-electron chi connectivity index (χ2n) is 5.61. The molecule has 1 aliphatic rings. The van der Waals surface area contributed by atoms with E-state index in [1.807, 2.05) is 6.92 Å². The highest BCUT2D eigenvalue weighted by Crippen LogP contribution is 2.32. The van der Waals surface area contributed by atoms with E-state index >= 15 is 0 Å². The molecule has 28 heavy (non-hydrogen) atoms. The van der Waals surface area contributed by atoms with Gasteiger partial charge < -0.3 is 5.32 Å². The first kappa shape index (κ1) is 20.2. The molecule has 2 aromatic heterocycles. The van der Waals surface area contributed by atoms with Crippen molar-refractivity contribution in [1.29, 1.82) is 0 Å². The van der Waals surface area contributed by atoms with Crippen molar-refractivity contribution in [3.63, 3.8) is 0 Å². The molecule has 0 saturated heterocycles. The van der Waals surface area contributed by atoms with Gasteiger partial charge >= 0.3 is 0 Å². The van der Waals surface area contributed by atoms with Crippen LogP contribution in [0.15, 0.2) is 28.3 Å². The molecule has 10 nitrogen and oxygen atoms in total. The quantitative estimate of drug-likeness (QED) is 0.333. The summed E-state index contributed by atoms with van der Waals surface area (Å²) in [6.45, 7) is 3.34. The Morgan fingerprint density at radius 2 is 2.32 bits per heavy atom. The smallest absolute Gasteiger partial charge is 0.288 e. The second kappa shape index (κ2) is 8.20. The number of imidazole rings is 1. The maximum absolute atomic E-state index is 11.2. The zero-order valence-electron chi connectivity index (χ0n) is 14.4. The Bertz CT molecular complexity index is 1110. The van der Waals surface area contributed by atoms with Crippen LogP contribution in [0, 0.1) is 17.0 Å². The monoisotopic (exact) mass is 484 g/mol. The average Bonchev–Trinajstić information content (AvgIpc) is 3.33. The molecule has 2 N–H and O–H groups in total. The highest BCUT2D eigenvalue weighted by molar-refractivity contribution is 8.93. The molecule has 146 valence electrons. The Labute approximate surface area is 178 Å². The fourth-order valence-electron chi connectivity index (χ4n) is 2.62. The van der Waals surface area contributed by atoms with Gasteiger partial charge in [-0.15, -0.1) is 17.0 Å². The van der Waals surface area contributed by atoms with Gasteiger partial charge in [-0.3, -0.25) is 10.1 Å². The molecule has 3 aromatic rings. The van der Waals surface area contributed by atoms with Crippen LogP contribution in [0.4, 0.5) is 5.69 Å². The van der Waals surface area contributed by atoms with E-state index in [0.29, 0.717) is 34.4 Å². The van der Waals surface area contributed by atoms with Crippen LogP contribution in [0.5, 0.6) is 0 Å². The van der Waals surface area contributed by atoms with E-state index < -0.39 is 4.92 Å². The normalized spacial score (nSPS) is 13.4. The Hall–Kier alpha value is -2.57. The summed E-state index contributed by atoms with van der Waals surface area (Å²) >= 11 is 7.34. The van der Waals surface area contributed by atoms with E-state index in [4.69, 9.17) is 11.6 Å². The van der Waals surface area contributed by atoms with Crippen molar-refractivity contribution in [1.82, 2.24) is 25.3 Å². The molecule has 0 saturated carbocycles. The molecular formula is C15H14BrClN8O2S. The molecule has 1 aliphatic heterocycles. The highest BCUT2D eigenvalue weighted by atomic mass is 79.9. The van der Waals surface area contributed by atoms with Gasteiger partial charge in [0, 0.05) is 18.2 Å². The van der Waals surface area contributed by atoms with E-state index in [1.54, 1.807) is 16.8 Å². The van der Waals surface area contributed by atoms with Gasteiger partial charge in [0.25, 0.3) is 5.69 Å². The topological polar surface area (TPSA) is 122 Å². The number of hydrogen-bond acceptors (Lipinski definition) is 9. The van der Waals surface area contributed by atoms with E-state index in [2.05, 4.69) is 30.9 Å². The van der Waals surface area contributed by atoms with Gasteiger partial charge in [-0.2, -0.15) is 10.2 Å². The van der Waals surface area contributed by atoms with Crippen LogP contribution in [0.2, 0.25) is 5.02 Å². The number of aryl methyl sites for hydroxylation is 1. The predicted octanol–water partition coefficient (Wildman–Crippen LogP) is 2.79. The fourth-order valence-corrected chi connectivity index (χ4v) is 3.55. The van der Waals surface area contributed by atoms with Crippen molar-refractivity contribution in [2.75, 3.05) is 13.1 Å². The molecule has 0 amide bonds. The lowest BCUT2D eigenvalue weighted by Gasteiger charge is -2.02. The summed E-state index contributed by atoms with van der Waals surface area (Å²) in [6, 6.07) is 4.56. The van der Waals surface area contributed by atoms with Gasteiger partial charge in [-0.05, 0) is 13.0 Å². The number of hydrogen-bond donors (Lipinski definition) is 2. The number of halogens is 2. The zero-order valence-corrected chi connectivity index (χ0v) is 17.7. The number of guanidine groups is 1. The SMILES string of the molecule is Br.Cc1nn2c(/C=N/NC3=NCCN3)c(-c3ccc(Cl)c([N+](=O)[O-])c3)nc2s1. The van der Waals surface area contributed by atoms with Crippen LogP contribution in [0.25, 0.3) is 16.2 Å². The average molecular weight is 486 g/mol. The summed E-state index contributed by atoms with van der Waals surface area (Å²) in [5, 5.41) is 23.8. The first-order chi connectivity index (χ1) is 13.0. The summed E-state index contributed by atoms with van der Waals surface area (Å²) < 4.78 is 1.66. The predicted molar refractivity (Wildman–Crippen MR) is 114 cm³/mol. The fraction of sp³-hybridized carbons (Fsp3) is 0.200. The van der Waals surface area contributed by atoms with E-state index in [1.165, 1.54) is 23.5 Å². The van der Waals surface area contributed by atoms with Gasteiger partial charge in [0.2, 0.25) is 10.9 Å². The Morgan fingerprint density at radius 1 is 1.50 bits per heavy atom. The number of rotatable bonds is 4. The largest absolute Gasteiger partial charge is 0.353 e. The van der Waals surface area contributed by atoms with Crippen LogP contribution in [0.3, 0.4) is 0 Å². The first-order valence-corrected chi connectivity index (χ1v) is 9.10. The molecule has 0 fully saturated rings. The lowest BCUT2D eigenvalue weighted by atomic mass is 10.1. The van der Waals surface area contributed by atoms with Crippen molar-refractivity contribution >= 4 is 62.7 Å². The zero-order chi connectivity index (χ0) is 19.0. The molecule has 0 bridgehead atoms. The number of benzene rings is 1. The van der Waals surface area contributed by atoms with Crippen molar-refractivity contribution in [2.45, 2.75) is 6.92 Å². The van der Waals surface area contributed by atoms with Crippen molar-refractivity contribution in [2.24, 2.45) is 10.1 Å². The van der Waals surface area contributed by atoms with Crippen LogP contribution in [-0.2, 0) is 0 Å². The summed E-state index contributed by atoms with van der Waals surface area (Å²) in [7, 11) is 0. The third kappa shape index (κ3) is 3.84. The number of nitro groups is 1. The minimum atomic E-state index is -0.522. The van der Waals surface area contributed by atoms with Gasteiger partial charge in [0.15, 0.2) is 0 Å². The molecule has 0 aliphatic carbocycles. The lowest BCUT2D eigenvalue weighted by Crippen LogP contribution is -2.30. The van der Waals surface area contributed by atoms with Crippen molar-refractivity contribution < 1.29 is 4.92 Å². The van der Waals surface area contributed by atoms with E-state index in [0.717, 1.165) is 11.6 Å². The minimum absolute atomic E-state index is 0. The molecule has 3 heterocycles. The van der Waals surface area contributed by atoms with Crippen LogP contribution < -0.4 is 10.7 Å². The van der Waals surface area contributed by atoms with Gasteiger partial charge in [0.1, 0.15) is 21.4 Å². The number of nitrogens with one attached hydrogen (secondary N) is 2. The van der Waals surface area contributed by atoms with Crippen LogP contribution in [0.1, 0.15) is 10.7 Å². The van der Waals surface area contributed by atoms with Gasteiger partial charge in [0.05, 0.1) is 17.7 Å². The van der Waals surface area contributed by atoms with Crippen molar-refractivity contribution in [3.05, 3.63) is 44.0 Å². The molecule has 0 atom stereocenters. The molecule has 0 radical (unpaired) electrons. The van der Waals surface area contributed by atoms with Crippen LogP contribution >= 0.6 is 39.9 Å².